The predicted molar refractivity (Wildman–Crippen MR) is 68.0 cm³/mol. The lowest BCUT2D eigenvalue weighted by atomic mass is 10.1. The first-order chi connectivity index (χ1) is 8.72. The molecular formula is C13H18FN3O. The summed E-state index contributed by atoms with van der Waals surface area (Å²) in [5, 5.41) is 14.8. The first-order valence-electron chi connectivity index (χ1n) is 6.21. The molecule has 0 radical (unpaired) electrons. The minimum Gasteiger partial charge on any atom is -0.409 e. The van der Waals surface area contributed by atoms with Crippen LogP contribution in [0, 0.1) is 5.82 Å². The summed E-state index contributed by atoms with van der Waals surface area (Å²) in [5.41, 5.74) is 6.11. The van der Waals surface area contributed by atoms with E-state index in [0.717, 1.165) is 12.8 Å². The topological polar surface area (TPSA) is 70.6 Å². The van der Waals surface area contributed by atoms with E-state index < -0.39 is 5.82 Å². The molecule has 0 heterocycles. The second-order valence-corrected chi connectivity index (χ2v) is 4.63. The number of halogens is 1. The van der Waals surface area contributed by atoms with Crippen molar-refractivity contribution in [3.05, 3.63) is 35.1 Å². The number of hydrogen-bond acceptors (Lipinski definition) is 3. The Morgan fingerprint density at radius 2 is 2.17 bits per heavy atom. The fraction of sp³-hybridized carbons (Fsp3) is 0.462. The number of oxime groups is 1. The van der Waals surface area contributed by atoms with Gasteiger partial charge in [0, 0.05) is 18.2 Å². The molecule has 1 aliphatic carbocycles. The average Bonchev–Trinajstić information content (AvgIpc) is 2.90. The van der Waals surface area contributed by atoms with Crippen molar-refractivity contribution in [2.45, 2.75) is 38.3 Å². The Balaban J connectivity index is 2.08. The van der Waals surface area contributed by atoms with Gasteiger partial charge >= 0.3 is 0 Å². The van der Waals surface area contributed by atoms with Gasteiger partial charge in [0.05, 0.1) is 5.56 Å². The van der Waals surface area contributed by atoms with E-state index >= 15 is 0 Å². The standard InChI is InChI=1S/C13H18FN3O/c14-12-9(8-16-10-5-1-2-6-10)4-3-7-11(12)13(15)17-18/h3-4,7,10,16,18H,1-2,5-6,8H2,(H2,15,17). The zero-order valence-electron chi connectivity index (χ0n) is 10.2. The van der Waals surface area contributed by atoms with Crippen molar-refractivity contribution < 1.29 is 9.60 Å². The van der Waals surface area contributed by atoms with Crippen LogP contribution in [0.15, 0.2) is 23.4 Å². The SMILES string of the molecule is N/C(=N/O)c1cccc(CNC2CCCC2)c1F. The molecule has 0 unspecified atom stereocenters. The maximum absolute atomic E-state index is 14.1. The largest absolute Gasteiger partial charge is 0.409 e. The van der Waals surface area contributed by atoms with E-state index in [2.05, 4.69) is 10.5 Å². The molecule has 5 heteroatoms. The third kappa shape index (κ3) is 2.79. The summed E-state index contributed by atoms with van der Waals surface area (Å²) in [4.78, 5) is 0. The number of hydrogen-bond donors (Lipinski definition) is 3. The molecule has 0 bridgehead atoms. The van der Waals surface area contributed by atoms with E-state index in [-0.39, 0.29) is 11.4 Å². The van der Waals surface area contributed by atoms with Gasteiger partial charge in [-0.2, -0.15) is 0 Å². The second-order valence-electron chi connectivity index (χ2n) is 4.63. The summed E-state index contributed by atoms with van der Waals surface area (Å²) >= 11 is 0. The number of benzene rings is 1. The van der Waals surface area contributed by atoms with Crippen LogP contribution in [0.1, 0.15) is 36.8 Å². The highest BCUT2D eigenvalue weighted by Crippen LogP contribution is 2.19. The fourth-order valence-electron chi connectivity index (χ4n) is 2.35. The molecule has 1 fully saturated rings. The van der Waals surface area contributed by atoms with Gasteiger partial charge in [-0.15, -0.1) is 0 Å². The van der Waals surface area contributed by atoms with Crippen LogP contribution in [0.3, 0.4) is 0 Å². The highest BCUT2D eigenvalue weighted by Gasteiger charge is 2.16. The van der Waals surface area contributed by atoms with E-state index in [1.165, 1.54) is 18.9 Å². The van der Waals surface area contributed by atoms with Crippen LogP contribution in [0.2, 0.25) is 0 Å². The Hall–Kier alpha value is -1.62. The van der Waals surface area contributed by atoms with Crippen molar-refractivity contribution in [2.75, 3.05) is 0 Å². The molecule has 0 amide bonds. The van der Waals surface area contributed by atoms with Crippen LogP contribution >= 0.6 is 0 Å². The maximum Gasteiger partial charge on any atom is 0.173 e. The predicted octanol–water partition coefficient (Wildman–Crippen LogP) is 1.95. The highest BCUT2D eigenvalue weighted by molar-refractivity contribution is 5.97. The van der Waals surface area contributed by atoms with Crippen molar-refractivity contribution >= 4 is 5.84 Å². The fourth-order valence-corrected chi connectivity index (χ4v) is 2.35. The van der Waals surface area contributed by atoms with Gasteiger partial charge in [-0.3, -0.25) is 0 Å². The minimum atomic E-state index is -0.418. The molecule has 1 aromatic carbocycles. The minimum absolute atomic E-state index is 0.142. The summed E-state index contributed by atoms with van der Waals surface area (Å²) in [6.07, 6.45) is 4.79. The third-order valence-electron chi connectivity index (χ3n) is 3.40. The lowest BCUT2D eigenvalue weighted by Crippen LogP contribution is -2.26. The van der Waals surface area contributed by atoms with Crippen molar-refractivity contribution in [3.8, 4) is 0 Å². The highest BCUT2D eigenvalue weighted by atomic mass is 19.1. The summed E-state index contributed by atoms with van der Waals surface area (Å²) < 4.78 is 14.1. The van der Waals surface area contributed by atoms with Gasteiger partial charge < -0.3 is 16.3 Å². The summed E-state index contributed by atoms with van der Waals surface area (Å²) in [5.74, 6) is -0.617. The van der Waals surface area contributed by atoms with Crippen LogP contribution < -0.4 is 11.1 Å². The van der Waals surface area contributed by atoms with Gasteiger partial charge in [0.25, 0.3) is 0 Å². The first kappa shape index (κ1) is 12.8. The molecule has 0 saturated heterocycles. The number of amidine groups is 1. The van der Waals surface area contributed by atoms with E-state index in [9.17, 15) is 4.39 Å². The van der Waals surface area contributed by atoms with Crippen LogP contribution in [0.4, 0.5) is 4.39 Å². The summed E-state index contributed by atoms with van der Waals surface area (Å²) in [7, 11) is 0. The molecule has 1 aliphatic rings. The van der Waals surface area contributed by atoms with Crippen molar-refractivity contribution in [1.29, 1.82) is 0 Å². The maximum atomic E-state index is 14.1. The molecular weight excluding hydrogens is 233 g/mol. The molecule has 0 atom stereocenters. The summed E-state index contributed by atoms with van der Waals surface area (Å²) in [6, 6.07) is 5.41. The molecule has 0 aliphatic heterocycles. The van der Waals surface area contributed by atoms with Gasteiger partial charge in [0.2, 0.25) is 0 Å². The van der Waals surface area contributed by atoms with Gasteiger partial charge in [-0.1, -0.05) is 30.1 Å². The average molecular weight is 251 g/mol. The lowest BCUT2D eigenvalue weighted by Gasteiger charge is -2.13. The van der Waals surface area contributed by atoms with E-state index in [1.807, 2.05) is 0 Å². The monoisotopic (exact) mass is 251 g/mol. The van der Waals surface area contributed by atoms with E-state index in [4.69, 9.17) is 10.9 Å². The molecule has 18 heavy (non-hydrogen) atoms. The zero-order valence-corrected chi connectivity index (χ0v) is 10.2. The number of nitrogens with one attached hydrogen (secondary N) is 1. The van der Waals surface area contributed by atoms with E-state index in [1.54, 1.807) is 12.1 Å². The molecule has 0 spiro atoms. The quantitative estimate of drug-likeness (QED) is 0.331. The molecule has 2 rings (SSSR count). The number of rotatable bonds is 4. The normalized spacial score (nSPS) is 17.3. The number of nitrogens with two attached hydrogens (primary N) is 1. The molecule has 4 nitrogen and oxygen atoms in total. The van der Waals surface area contributed by atoms with Crippen molar-refractivity contribution in [1.82, 2.24) is 5.32 Å². The van der Waals surface area contributed by atoms with Gasteiger partial charge in [-0.25, -0.2) is 4.39 Å². The molecule has 1 saturated carbocycles. The van der Waals surface area contributed by atoms with Crippen LogP contribution in [-0.4, -0.2) is 17.1 Å². The van der Waals surface area contributed by atoms with Gasteiger partial charge in [-0.05, 0) is 18.9 Å². The van der Waals surface area contributed by atoms with Crippen LogP contribution in [0.5, 0.6) is 0 Å². The Morgan fingerprint density at radius 1 is 1.44 bits per heavy atom. The van der Waals surface area contributed by atoms with Crippen molar-refractivity contribution in [3.63, 3.8) is 0 Å². The third-order valence-corrected chi connectivity index (χ3v) is 3.40. The smallest absolute Gasteiger partial charge is 0.173 e. The van der Waals surface area contributed by atoms with Crippen LogP contribution in [0.25, 0.3) is 0 Å². The molecule has 1 aromatic rings. The molecule has 0 aromatic heterocycles. The van der Waals surface area contributed by atoms with E-state index in [0.29, 0.717) is 18.2 Å². The molecule has 98 valence electrons. The zero-order chi connectivity index (χ0) is 13.0. The molecule has 4 N–H and O–H groups in total. The Labute approximate surface area is 106 Å². The second kappa shape index (κ2) is 5.82. The Morgan fingerprint density at radius 3 is 2.83 bits per heavy atom. The first-order valence-corrected chi connectivity index (χ1v) is 6.21. The van der Waals surface area contributed by atoms with Crippen LogP contribution in [-0.2, 0) is 6.54 Å². The van der Waals surface area contributed by atoms with Gasteiger partial charge in [0.1, 0.15) is 5.82 Å². The van der Waals surface area contributed by atoms with Crippen molar-refractivity contribution in [2.24, 2.45) is 10.9 Å². The Bertz CT molecular complexity index is 442. The van der Waals surface area contributed by atoms with Gasteiger partial charge in [0.15, 0.2) is 5.84 Å². The lowest BCUT2D eigenvalue weighted by molar-refractivity contribution is 0.318. The Kier molecular flexibility index (Phi) is 4.15. The summed E-state index contributed by atoms with van der Waals surface area (Å²) in [6.45, 7) is 0.475. The number of nitrogens with zero attached hydrogens (tertiary/aromatic N) is 1.